The molecule has 7 nitrogen and oxygen atoms in total. The minimum Gasteiger partial charge on any atom is -0.484 e. The minimum atomic E-state index is -0.433. The van der Waals surface area contributed by atoms with Gasteiger partial charge in [0.05, 0.1) is 5.69 Å². The maximum Gasteiger partial charge on any atom is 0.258 e. The summed E-state index contributed by atoms with van der Waals surface area (Å²) in [5.74, 6) is 1.24. The van der Waals surface area contributed by atoms with Gasteiger partial charge in [-0.2, -0.15) is 0 Å². The number of fused-ring (bicyclic) bond motifs is 1. The molecule has 0 saturated heterocycles. The van der Waals surface area contributed by atoms with Gasteiger partial charge in [-0.15, -0.1) is 0 Å². The lowest BCUT2D eigenvalue weighted by Crippen LogP contribution is -2.39. The van der Waals surface area contributed by atoms with Crippen LogP contribution in [0.25, 0.3) is 11.3 Å². The molecule has 0 aliphatic carbocycles. The van der Waals surface area contributed by atoms with E-state index in [0.29, 0.717) is 41.0 Å². The molecule has 3 rings (SSSR count). The third-order valence-electron chi connectivity index (χ3n) is 3.29. The standard InChI is InChI=1S/C16H18N4O3/c1-9(21)19-14-6-11(17)10(7-18-14)12-4-5-13-15(20-12)23-16(2,3)8-22-13/h4-7H,8H2,1-3H3,(H3,17,18,19,21). The van der Waals surface area contributed by atoms with Crippen molar-refractivity contribution in [2.24, 2.45) is 0 Å². The summed E-state index contributed by atoms with van der Waals surface area (Å²) in [6.45, 7) is 5.75. The molecule has 3 heterocycles. The van der Waals surface area contributed by atoms with E-state index in [2.05, 4.69) is 15.3 Å². The van der Waals surface area contributed by atoms with Crippen LogP contribution in [0.3, 0.4) is 0 Å². The van der Waals surface area contributed by atoms with Crippen molar-refractivity contribution in [3.05, 3.63) is 24.4 Å². The Bertz CT molecular complexity index is 774. The number of hydrogen-bond acceptors (Lipinski definition) is 6. The normalized spacial score (nSPS) is 15.1. The van der Waals surface area contributed by atoms with Gasteiger partial charge in [-0.25, -0.2) is 9.97 Å². The molecule has 0 spiro atoms. The molecular weight excluding hydrogens is 296 g/mol. The minimum absolute atomic E-state index is 0.204. The van der Waals surface area contributed by atoms with Crippen LogP contribution in [0.1, 0.15) is 20.8 Å². The number of anilines is 2. The highest BCUT2D eigenvalue weighted by atomic mass is 16.6. The van der Waals surface area contributed by atoms with Gasteiger partial charge in [0.15, 0.2) is 5.75 Å². The quantitative estimate of drug-likeness (QED) is 0.882. The van der Waals surface area contributed by atoms with E-state index >= 15 is 0 Å². The predicted molar refractivity (Wildman–Crippen MR) is 86.4 cm³/mol. The summed E-state index contributed by atoms with van der Waals surface area (Å²) in [6.07, 6.45) is 1.57. The first-order chi connectivity index (χ1) is 10.8. The van der Waals surface area contributed by atoms with Gasteiger partial charge in [0.1, 0.15) is 18.0 Å². The summed E-state index contributed by atoms with van der Waals surface area (Å²) in [6, 6.07) is 5.19. The van der Waals surface area contributed by atoms with Gasteiger partial charge in [0.2, 0.25) is 5.91 Å². The molecule has 1 amide bonds. The van der Waals surface area contributed by atoms with Crippen LogP contribution in [-0.2, 0) is 4.79 Å². The monoisotopic (exact) mass is 314 g/mol. The first kappa shape index (κ1) is 15.1. The molecule has 3 N–H and O–H groups in total. The lowest BCUT2D eigenvalue weighted by atomic mass is 10.1. The van der Waals surface area contributed by atoms with Crippen LogP contribution in [-0.4, -0.2) is 28.1 Å². The van der Waals surface area contributed by atoms with Gasteiger partial charge in [-0.3, -0.25) is 4.79 Å². The Morgan fingerprint density at radius 2 is 2.17 bits per heavy atom. The maximum atomic E-state index is 11.1. The highest BCUT2D eigenvalue weighted by molar-refractivity contribution is 5.89. The Balaban J connectivity index is 1.95. The number of pyridine rings is 2. The largest absolute Gasteiger partial charge is 0.484 e. The Hall–Kier alpha value is -2.83. The van der Waals surface area contributed by atoms with Crippen molar-refractivity contribution < 1.29 is 14.3 Å². The molecule has 0 radical (unpaired) electrons. The van der Waals surface area contributed by atoms with E-state index < -0.39 is 5.60 Å². The molecule has 0 bridgehead atoms. The van der Waals surface area contributed by atoms with Crippen LogP contribution in [0.4, 0.5) is 11.5 Å². The fourth-order valence-corrected chi connectivity index (χ4v) is 2.24. The van der Waals surface area contributed by atoms with Gasteiger partial charge in [0, 0.05) is 30.4 Å². The number of rotatable bonds is 2. The molecule has 1 aliphatic rings. The number of nitrogens with one attached hydrogen (secondary N) is 1. The molecule has 0 saturated carbocycles. The zero-order valence-electron chi connectivity index (χ0n) is 13.2. The lowest BCUT2D eigenvalue weighted by Gasteiger charge is -2.31. The average Bonchev–Trinajstić information content (AvgIpc) is 2.45. The second kappa shape index (κ2) is 5.42. The highest BCUT2D eigenvalue weighted by Crippen LogP contribution is 2.36. The summed E-state index contributed by atoms with van der Waals surface area (Å²) >= 11 is 0. The van der Waals surface area contributed by atoms with Crippen molar-refractivity contribution in [2.75, 3.05) is 17.7 Å². The third-order valence-corrected chi connectivity index (χ3v) is 3.29. The number of ether oxygens (including phenoxy) is 2. The van der Waals surface area contributed by atoms with Crippen LogP contribution in [0, 0.1) is 0 Å². The van der Waals surface area contributed by atoms with Crippen LogP contribution >= 0.6 is 0 Å². The number of aromatic nitrogens is 2. The topological polar surface area (TPSA) is 99.4 Å². The second-order valence-corrected chi connectivity index (χ2v) is 5.99. The summed E-state index contributed by atoms with van der Waals surface area (Å²) in [7, 11) is 0. The third kappa shape index (κ3) is 3.18. The zero-order chi connectivity index (χ0) is 16.6. The van der Waals surface area contributed by atoms with E-state index in [1.807, 2.05) is 13.8 Å². The first-order valence-corrected chi connectivity index (χ1v) is 7.20. The number of nitrogens with zero attached hydrogens (tertiary/aromatic N) is 2. The summed E-state index contributed by atoms with van der Waals surface area (Å²) in [5, 5.41) is 2.59. The number of hydrogen-bond donors (Lipinski definition) is 2. The van der Waals surface area contributed by atoms with Crippen LogP contribution in [0.5, 0.6) is 11.6 Å². The molecule has 0 fully saturated rings. The Morgan fingerprint density at radius 1 is 1.39 bits per heavy atom. The summed E-state index contributed by atoms with van der Waals surface area (Å²) in [5.41, 5.74) is 7.38. The summed E-state index contributed by atoms with van der Waals surface area (Å²) in [4.78, 5) is 19.7. The van der Waals surface area contributed by atoms with E-state index in [-0.39, 0.29) is 5.91 Å². The van der Waals surface area contributed by atoms with Crippen LogP contribution in [0.2, 0.25) is 0 Å². The number of amides is 1. The zero-order valence-corrected chi connectivity index (χ0v) is 13.2. The Labute approximate surface area is 133 Å². The molecule has 0 atom stereocenters. The van der Waals surface area contributed by atoms with Gasteiger partial charge < -0.3 is 20.5 Å². The first-order valence-electron chi connectivity index (χ1n) is 7.20. The molecule has 1 aliphatic heterocycles. The molecular formula is C16H18N4O3. The van der Waals surface area contributed by atoms with Crippen molar-refractivity contribution in [3.8, 4) is 22.9 Å². The Morgan fingerprint density at radius 3 is 2.87 bits per heavy atom. The van der Waals surface area contributed by atoms with E-state index in [1.165, 1.54) is 6.92 Å². The number of carbonyl (C=O) groups is 1. The van der Waals surface area contributed by atoms with Crippen molar-refractivity contribution >= 4 is 17.4 Å². The number of nitrogen functional groups attached to an aromatic ring is 1. The van der Waals surface area contributed by atoms with Gasteiger partial charge in [-0.1, -0.05) is 0 Å². The fraction of sp³-hybridized carbons (Fsp3) is 0.312. The van der Waals surface area contributed by atoms with Crippen molar-refractivity contribution in [1.29, 1.82) is 0 Å². The van der Waals surface area contributed by atoms with Crippen LogP contribution in [0.15, 0.2) is 24.4 Å². The average molecular weight is 314 g/mol. The number of nitrogens with two attached hydrogens (primary N) is 1. The lowest BCUT2D eigenvalue weighted by molar-refractivity contribution is -0.114. The molecule has 7 heteroatoms. The molecule has 0 unspecified atom stereocenters. The van der Waals surface area contributed by atoms with E-state index in [1.54, 1.807) is 24.4 Å². The summed E-state index contributed by atoms with van der Waals surface area (Å²) < 4.78 is 11.5. The molecule has 2 aromatic heterocycles. The maximum absolute atomic E-state index is 11.1. The molecule has 2 aromatic rings. The molecule has 0 aromatic carbocycles. The fourth-order valence-electron chi connectivity index (χ4n) is 2.24. The predicted octanol–water partition coefficient (Wildman–Crippen LogP) is 2.23. The van der Waals surface area contributed by atoms with Crippen LogP contribution < -0.4 is 20.5 Å². The van der Waals surface area contributed by atoms with Crippen molar-refractivity contribution in [3.63, 3.8) is 0 Å². The van der Waals surface area contributed by atoms with Gasteiger partial charge in [0.25, 0.3) is 5.88 Å². The van der Waals surface area contributed by atoms with E-state index in [4.69, 9.17) is 15.2 Å². The Kier molecular flexibility index (Phi) is 3.55. The van der Waals surface area contributed by atoms with Crippen molar-refractivity contribution in [2.45, 2.75) is 26.4 Å². The van der Waals surface area contributed by atoms with E-state index in [0.717, 1.165) is 0 Å². The number of carbonyl (C=O) groups excluding carboxylic acids is 1. The SMILES string of the molecule is CC(=O)Nc1cc(N)c(-c2ccc3c(n2)OC(C)(C)CO3)cn1. The second-order valence-electron chi connectivity index (χ2n) is 5.99. The smallest absolute Gasteiger partial charge is 0.258 e. The van der Waals surface area contributed by atoms with E-state index in [9.17, 15) is 4.79 Å². The molecule has 120 valence electrons. The molecule has 23 heavy (non-hydrogen) atoms. The van der Waals surface area contributed by atoms with Gasteiger partial charge in [-0.05, 0) is 26.0 Å². The highest BCUT2D eigenvalue weighted by Gasteiger charge is 2.29. The van der Waals surface area contributed by atoms with Gasteiger partial charge >= 0.3 is 0 Å². The van der Waals surface area contributed by atoms with Crippen molar-refractivity contribution in [1.82, 2.24) is 9.97 Å².